The van der Waals surface area contributed by atoms with Crippen LogP contribution in [0.5, 0.6) is 0 Å². The minimum atomic E-state index is 0.716. The number of likely N-dealkylation sites (N-methyl/N-ethyl adjacent to an activating group) is 1. The average molecular weight is 255 g/mol. The van der Waals surface area contributed by atoms with Crippen molar-refractivity contribution in [2.75, 3.05) is 24.2 Å². The molecule has 0 amide bonds. The van der Waals surface area contributed by atoms with E-state index in [-0.39, 0.29) is 0 Å². The van der Waals surface area contributed by atoms with Crippen LogP contribution in [0, 0.1) is 13.8 Å². The highest BCUT2D eigenvalue weighted by Gasteiger charge is 2.06. The van der Waals surface area contributed by atoms with E-state index in [0.717, 1.165) is 24.3 Å². The SMILES string of the molecule is Cc1cccc(CCN(C)c2ncc(N)cc2C)c1. The van der Waals surface area contributed by atoms with Gasteiger partial charge in [0.2, 0.25) is 0 Å². The van der Waals surface area contributed by atoms with Crippen molar-refractivity contribution < 1.29 is 0 Å². The first kappa shape index (κ1) is 13.4. The zero-order chi connectivity index (χ0) is 13.8. The molecule has 0 aliphatic rings. The van der Waals surface area contributed by atoms with Gasteiger partial charge in [0.15, 0.2) is 0 Å². The average Bonchev–Trinajstić information content (AvgIpc) is 2.36. The van der Waals surface area contributed by atoms with Crippen LogP contribution in [0.15, 0.2) is 36.5 Å². The smallest absolute Gasteiger partial charge is 0.131 e. The number of hydrogen-bond donors (Lipinski definition) is 1. The maximum Gasteiger partial charge on any atom is 0.131 e. The van der Waals surface area contributed by atoms with Gasteiger partial charge in [-0.05, 0) is 37.5 Å². The van der Waals surface area contributed by atoms with Crippen LogP contribution in [0.25, 0.3) is 0 Å². The molecule has 0 unspecified atom stereocenters. The van der Waals surface area contributed by atoms with Crippen LogP contribution in [0.3, 0.4) is 0 Å². The van der Waals surface area contributed by atoms with Crippen LogP contribution < -0.4 is 10.6 Å². The van der Waals surface area contributed by atoms with Gasteiger partial charge in [0.05, 0.1) is 11.9 Å². The van der Waals surface area contributed by atoms with Crippen LogP contribution in [0.4, 0.5) is 11.5 Å². The predicted octanol–water partition coefficient (Wildman–Crippen LogP) is 2.96. The zero-order valence-corrected chi connectivity index (χ0v) is 11.9. The highest BCUT2D eigenvalue weighted by molar-refractivity contribution is 5.52. The second-order valence-electron chi connectivity index (χ2n) is 5.07. The highest BCUT2D eigenvalue weighted by atomic mass is 15.2. The summed E-state index contributed by atoms with van der Waals surface area (Å²) in [4.78, 5) is 6.59. The maximum atomic E-state index is 5.73. The minimum Gasteiger partial charge on any atom is -0.397 e. The summed E-state index contributed by atoms with van der Waals surface area (Å²) < 4.78 is 0. The van der Waals surface area contributed by atoms with Crippen LogP contribution in [0.2, 0.25) is 0 Å². The summed E-state index contributed by atoms with van der Waals surface area (Å²) in [7, 11) is 2.07. The van der Waals surface area contributed by atoms with Gasteiger partial charge in [-0.2, -0.15) is 0 Å². The standard InChI is InChI=1S/C16H21N3/c1-12-5-4-6-14(9-12)7-8-19(3)16-13(2)10-15(17)11-18-16/h4-6,9-11H,7-8,17H2,1-3H3. The number of aromatic nitrogens is 1. The van der Waals surface area contributed by atoms with Gasteiger partial charge in [0.25, 0.3) is 0 Å². The number of nitrogens with zero attached hydrogens (tertiary/aromatic N) is 2. The van der Waals surface area contributed by atoms with E-state index in [0.29, 0.717) is 5.69 Å². The minimum absolute atomic E-state index is 0.716. The lowest BCUT2D eigenvalue weighted by Crippen LogP contribution is -2.22. The summed E-state index contributed by atoms with van der Waals surface area (Å²) in [6, 6.07) is 10.6. The predicted molar refractivity (Wildman–Crippen MR) is 81.5 cm³/mol. The molecular weight excluding hydrogens is 234 g/mol. The molecule has 0 radical (unpaired) electrons. The van der Waals surface area contributed by atoms with E-state index in [4.69, 9.17) is 5.73 Å². The number of pyridine rings is 1. The van der Waals surface area contributed by atoms with Gasteiger partial charge in [-0.3, -0.25) is 0 Å². The molecule has 19 heavy (non-hydrogen) atoms. The van der Waals surface area contributed by atoms with Gasteiger partial charge in [-0.1, -0.05) is 29.8 Å². The fourth-order valence-corrected chi connectivity index (χ4v) is 2.26. The molecule has 2 aromatic rings. The van der Waals surface area contributed by atoms with Gasteiger partial charge in [0.1, 0.15) is 5.82 Å². The third-order valence-electron chi connectivity index (χ3n) is 3.25. The Bertz CT molecular complexity index is 564. The molecule has 2 rings (SSSR count). The van der Waals surface area contributed by atoms with Crippen LogP contribution in [-0.4, -0.2) is 18.6 Å². The van der Waals surface area contributed by atoms with E-state index in [1.165, 1.54) is 11.1 Å². The fourth-order valence-electron chi connectivity index (χ4n) is 2.26. The molecule has 100 valence electrons. The van der Waals surface area contributed by atoms with E-state index in [9.17, 15) is 0 Å². The molecule has 2 N–H and O–H groups in total. The summed E-state index contributed by atoms with van der Waals surface area (Å²) in [5.74, 6) is 1.00. The first-order chi connectivity index (χ1) is 9.06. The summed E-state index contributed by atoms with van der Waals surface area (Å²) in [5, 5.41) is 0. The molecule has 0 aliphatic heterocycles. The van der Waals surface area contributed by atoms with Gasteiger partial charge in [0, 0.05) is 13.6 Å². The maximum absolute atomic E-state index is 5.73. The Balaban J connectivity index is 2.03. The number of nitrogens with two attached hydrogens (primary N) is 1. The largest absolute Gasteiger partial charge is 0.397 e. The topological polar surface area (TPSA) is 42.2 Å². The lowest BCUT2D eigenvalue weighted by Gasteiger charge is -2.20. The van der Waals surface area contributed by atoms with Crippen LogP contribution in [0.1, 0.15) is 16.7 Å². The third-order valence-corrected chi connectivity index (χ3v) is 3.25. The molecule has 1 heterocycles. The fraction of sp³-hybridized carbons (Fsp3) is 0.312. The van der Waals surface area contributed by atoms with Crippen molar-refractivity contribution in [3.8, 4) is 0 Å². The van der Waals surface area contributed by atoms with E-state index in [1.54, 1.807) is 6.20 Å². The van der Waals surface area contributed by atoms with Gasteiger partial charge in [-0.25, -0.2) is 4.98 Å². The molecule has 3 heteroatoms. The molecule has 0 spiro atoms. The molecule has 1 aromatic heterocycles. The zero-order valence-electron chi connectivity index (χ0n) is 11.9. The molecule has 0 atom stereocenters. The van der Waals surface area contributed by atoms with Crippen molar-refractivity contribution in [2.24, 2.45) is 0 Å². The Morgan fingerprint density at radius 3 is 2.68 bits per heavy atom. The van der Waals surface area contributed by atoms with E-state index >= 15 is 0 Å². The number of anilines is 2. The van der Waals surface area contributed by atoms with Crippen LogP contribution >= 0.6 is 0 Å². The molecule has 3 nitrogen and oxygen atoms in total. The van der Waals surface area contributed by atoms with E-state index in [2.05, 4.69) is 48.1 Å². The van der Waals surface area contributed by atoms with Gasteiger partial charge in [-0.15, -0.1) is 0 Å². The monoisotopic (exact) mass is 255 g/mol. The second kappa shape index (κ2) is 5.74. The molecule has 0 bridgehead atoms. The summed E-state index contributed by atoms with van der Waals surface area (Å²) in [6.45, 7) is 5.11. The van der Waals surface area contributed by atoms with Crippen molar-refractivity contribution in [3.05, 3.63) is 53.2 Å². The first-order valence-corrected chi connectivity index (χ1v) is 6.55. The number of nitrogen functional groups attached to an aromatic ring is 1. The molecule has 0 fully saturated rings. The van der Waals surface area contributed by atoms with Crippen molar-refractivity contribution in [1.29, 1.82) is 0 Å². The van der Waals surface area contributed by atoms with Crippen molar-refractivity contribution in [2.45, 2.75) is 20.3 Å². The Morgan fingerprint density at radius 1 is 1.21 bits per heavy atom. The van der Waals surface area contributed by atoms with Crippen molar-refractivity contribution in [3.63, 3.8) is 0 Å². The number of aryl methyl sites for hydroxylation is 2. The lowest BCUT2D eigenvalue weighted by atomic mass is 10.1. The number of rotatable bonds is 4. The van der Waals surface area contributed by atoms with E-state index < -0.39 is 0 Å². The van der Waals surface area contributed by atoms with Crippen LogP contribution in [-0.2, 0) is 6.42 Å². The summed E-state index contributed by atoms with van der Waals surface area (Å²) in [5.41, 5.74) is 10.2. The summed E-state index contributed by atoms with van der Waals surface area (Å²) in [6.07, 6.45) is 2.73. The van der Waals surface area contributed by atoms with Gasteiger partial charge >= 0.3 is 0 Å². The van der Waals surface area contributed by atoms with Crippen molar-refractivity contribution >= 4 is 11.5 Å². The number of hydrogen-bond acceptors (Lipinski definition) is 3. The Morgan fingerprint density at radius 2 is 2.00 bits per heavy atom. The molecule has 1 aromatic carbocycles. The Labute approximate surface area is 115 Å². The Kier molecular flexibility index (Phi) is 4.05. The molecule has 0 saturated carbocycles. The second-order valence-corrected chi connectivity index (χ2v) is 5.07. The molecular formula is C16H21N3. The normalized spacial score (nSPS) is 10.5. The molecule has 0 saturated heterocycles. The first-order valence-electron chi connectivity index (χ1n) is 6.55. The van der Waals surface area contributed by atoms with Gasteiger partial charge < -0.3 is 10.6 Å². The lowest BCUT2D eigenvalue weighted by molar-refractivity contribution is 0.854. The number of benzene rings is 1. The summed E-state index contributed by atoms with van der Waals surface area (Å²) >= 11 is 0. The quantitative estimate of drug-likeness (QED) is 0.913. The highest BCUT2D eigenvalue weighted by Crippen LogP contribution is 2.18. The van der Waals surface area contributed by atoms with Crippen molar-refractivity contribution in [1.82, 2.24) is 4.98 Å². The third kappa shape index (κ3) is 3.47. The Hall–Kier alpha value is -2.03. The van der Waals surface area contributed by atoms with E-state index in [1.807, 2.05) is 13.0 Å². The molecule has 0 aliphatic carbocycles.